The van der Waals surface area contributed by atoms with Gasteiger partial charge in [0.05, 0.1) is 11.1 Å². The summed E-state index contributed by atoms with van der Waals surface area (Å²) in [4.78, 5) is 23.7. The van der Waals surface area contributed by atoms with Crippen LogP contribution in [-0.2, 0) is 21.6 Å². The number of carboxylic acids is 1. The molecule has 8 nitrogen and oxygen atoms in total. The fourth-order valence-electron chi connectivity index (χ4n) is 3.91. The molecule has 0 saturated heterocycles. The van der Waals surface area contributed by atoms with E-state index in [9.17, 15) is 14.7 Å². The Labute approximate surface area is 195 Å². The molecule has 2 N–H and O–H groups in total. The predicted octanol–water partition coefficient (Wildman–Crippen LogP) is 4.80. The quantitative estimate of drug-likeness (QED) is 0.416. The summed E-state index contributed by atoms with van der Waals surface area (Å²) in [5.74, 6) is -0.509. The lowest BCUT2D eigenvalue weighted by atomic mass is 9.94. The maximum absolute atomic E-state index is 12.2. The molecule has 0 atom stereocenters. The zero-order chi connectivity index (χ0) is 23.5. The van der Waals surface area contributed by atoms with Gasteiger partial charge in [-0.1, -0.05) is 66.7 Å². The van der Waals surface area contributed by atoms with Crippen molar-refractivity contribution in [2.75, 3.05) is 5.32 Å². The third kappa shape index (κ3) is 4.25. The zero-order valence-electron chi connectivity index (χ0n) is 18.2. The molecular weight excluding hydrogens is 432 g/mol. The van der Waals surface area contributed by atoms with Crippen molar-refractivity contribution in [3.63, 3.8) is 0 Å². The molecule has 3 aromatic carbocycles. The van der Waals surface area contributed by atoms with Crippen LogP contribution in [0.2, 0.25) is 0 Å². The first-order valence-electron chi connectivity index (χ1n) is 10.9. The molecule has 0 aliphatic heterocycles. The van der Waals surface area contributed by atoms with Crippen LogP contribution in [0.4, 0.5) is 10.7 Å². The van der Waals surface area contributed by atoms with Crippen LogP contribution < -0.4 is 5.32 Å². The first-order valence-corrected chi connectivity index (χ1v) is 10.9. The third-order valence-electron chi connectivity index (χ3n) is 6.05. The molecule has 0 unspecified atom stereocenters. The molecule has 1 fully saturated rings. The van der Waals surface area contributed by atoms with E-state index in [0.29, 0.717) is 12.8 Å². The summed E-state index contributed by atoms with van der Waals surface area (Å²) in [6.45, 7) is 0.155. The number of amides is 1. The largest absolute Gasteiger partial charge is 0.481 e. The Balaban J connectivity index is 1.26. The van der Waals surface area contributed by atoms with Crippen LogP contribution in [0.25, 0.3) is 16.8 Å². The standard InChI is InChI=1S/C26H22N4O4/c31-23(32)26(14-15-26)21-10-6-19(7-11-21)20-8-12-22(13-9-20)30-17-27-29-24(30)28-25(33)34-16-18-4-2-1-3-5-18/h1-13,17H,14-16H2,(H,31,32)(H,28,29,33). The minimum Gasteiger partial charge on any atom is -0.481 e. The number of ether oxygens (including phenoxy) is 1. The van der Waals surface area contributed by atoms with Crippen molar-refractivity contribution in [1.82, 2.24) is 14.8 Å². The lowest BCUT2D eigenvalue weighted by Crippen LogP contribution is -2.19. The molecule has 0 radical (unpaired) electrons. The molecular formula is C26H22N4O4. The van der Waals surface area contributed by atoms with Gasteiger partial charge in [-0.2, -0.15) is 0 Å². The van der Waals surface area contributed by atoms with E-state index in [2.05, 4.69) is 15.5 Å². The van der Waals surface area contributed by atoms with Gasteiger partial charge < -0.3 is 9.84 Å². The number of carbonyl (C=O) groups is 2. The molecule has 170 valence electrons. The highest BCUT2D eigenvalue weighted by Gasteiger charge is 2.51. The van der Waals surface area contributed by atoms with E-state index in [1.165, 1.54) is 6.33 Å². The lowest BCUT2D eigenvalue weighted by molar-refractivity contribution is -0.140. The number of carboxylic acid groups (broad SMARTS) is 1. The average Bonchev–Trinajstić information content (AvgIpc) is 3.57. The van der Waals surface area contributed by atoms with Crippen molar-refractivity contribution in [2.45, 2.75) is 24.9 Å². The molecule has 34 heavy (non-hydrogen) atoms. The Bertz CT molecular complexity index is 1310. The summed E-state index contributed by atoms with van der Waals surface area (Å²) in [5.41, 5.74) is 3.77. The second kappa shape index (κ2) is 8.82. The number of benzene rings is 3. The van der Waals surface area contributed by atoms with Crippen molar-refractivity contribution in [3.8, 4) is 16.8 Å². The Morgan fingerprint density at radius 2 is 1.59 bits per heavy atom. The second-order valence-electron chi connectivity index (χ2n) is 8.22. The fraction of sp³-hybridized carbons (Fsp3) is 0.154. The van der Waals surface area contributed by atoms with Gasteiger partial charge in [-0.3, -0.25) is 14.7 Å². The Hall–Kier alpha value is -4.46. The smallest absolute Gasteiger partial charge is 0.414 e. The van der Waals surface area contributed by atoms with Crippen molar-refractivity contribution in [2.24, 2.45) is 0 Å². The van der Waals surface area contributed by atoms with Crippen LogP contribution in [0.5, 0.6) is 0 Å². The van der Waals surface area contributed by atoms with Gasteiger partial charge >= 0.3 is 12.1 Å². The number of nitrogens with one attached hydrogen (secondary N) is 1. The predicted molar refractivity (Wildman–Crippen MR) is 126 cm³/mol. The van der Waals surface area contributed by atoms with E-state index in [4.69, 9.17) is 4.74 Å². The second-order valence-corrected chi connectivity index (χ2v) is 8.22. The third-order valence-corrected chi connectivity index (χ3v) is 6.05. The Morgan fingerprint density at radius 3 is 2.21 bits per heavy atom. The van der Waals surface area contributed by atoms with Gasteiger partial charge in [0.25, 0.3) is 0 Å². The first kappa shape index (κ1) is 21.4. The number of hydrogen-bond acceptors (Lipinski definition) is 5. The summed E-state index contributed by atoms with van der Waals surface area (Å²) >= 11 is 0. The van der Waals surface area contributed by atoms with E-state index in [1.54, 1.807) is 4.57 Å². The summed E-state index contributed by atoms with van der Waals surface area (Å²) in [6, 6.07) is 24.8. The molecule has 4 aromatic rings. The number of nitrogens with zero attached hydrogens (tertiary/aromatic N) is 3. The molecule has 1 aromatic heterocycles. The van der Waals surface area contributed by atoms with Gasteiger partial charge in [0, 0.05) is 0 Å². The van der Waals surface area contributed by atoms with Gasteiger partial charge in [0.2, 0.25) is 5.95 Å². The molecule has 0 spiro atoms. The van der Waals surface area contributed by atoms with Crippen molar-refractivity contribution in [1.29, 1.82) is 0 Å². The molecule has 5 rings (SSSR count). The van der Waals surface area contributed by atoms with Gasteiger partial charge in [-0.05, 0) is 47.2 Å². The monoisotopic (exact) mass is 454 g/mol. The van der Waals surface area contributed by atoms with E-state index in [0.717, 1.165) is 27.9 Å². The maximum Gasteiger partial charge on any atom is 0.414 e. The molecule has 1 aliphatic rings. The molecule has 0 bridgehead atoms. The van der Waals surface area contributed by atoms with Crippen LogP contribution in [-0.4, -0.2) is 31.9 Å². The summed E-state index contributed by atoms with van der Waals surface area (Å²) in [6.07, 6.45) is 2.26. The summed E-state index contributed by atoms with van der Waals surface area (Å²) in [7, 11) is 0. The minimum absolute atomic E-state index is 0.155. The van der Waals surface area contributed by atoms with Crippen LogP contribution >= 0.6 is 0 Å². The van der Waals surface area contributed by atoms with Gasteiger partial charge in [-0.25, -0.2) is 4.79 Å². The zero-order valence-corrected chi connectivity index (χ0v) is 18.2. The van der Waals surface area contributed by atoms with Crippen molar-refractivity contribution in [3.05, 3.63) is 96.3 Å². The van der Waals surface area contributed by atoms with Gasteiger partial charge in [0.15, 0.2) is 0 Å². The first-order chi connectivity index (χ1) is 16.5. The van der Waals surface area contributed by atoms with E-state index >= 15 is 0 Å². The highest BCUT2D eigenvalue weighted by molar-refractivity contribution is 5.85. The number of anilines is 1. The topological polar surface area (TPSA) is 106 Å². The van der Waals surface area contributed by atoms with Crippen LogP contribution in [0, 0.1) is 0 Å². The van der Waals surface area contributed by atoms with Crippen LogP contribution in [0.15, 0.2) is 85.2 Å². The number of hydrogen-bond donors (Lipinski definition) is 2. The number of rotatable bonds is 7. The van der Waals surface area contributed by atoms with E-state index in [-0.39, 0.29) is 12.6 Å². The Kier molecular flexibility index (Phi) is 5.55. The SMILES string of the molecule is O=C(Nc1nncn1-c1ccc(-c2ccc(C3(C(=O)O)CC3)cc2)cc1)OCc1ccccc1. The summed E-state index contributed by atoms with van der Waals surface area (Å²) in [5, 5.41) is 20.0. The van der Waals surface area contributed by atoms with E-state index in [1.807, 2.05) is 78.9 Å². The van der Waals surface area contributed by atoms with Crippen LogP contribution in [0.1, 0.15) is 24.0 Å². The highest BCUT2D eigenvalue weighted by Crippen LogP contribution is 2.48. The normalized spacial score (nSPS) is 13.8. The molecule has 1 amide bonds. The highest BCUT2D eigenvalue weighted by atomic mass is 16.5. The number of carbonyl (C=O) groups excluding carboxylic acids is 1. The van der Waals surface area contributed by atoms with Gasteiger partial charge in [-0.15, -0.1) is 10.2 Å². The molecule has 1 saturated carbocycles. The van der Waals surface area contributed by atoms with Gasteiger partial charge in [0.1, 0.15) is 12.9 Å². The summed E-state index contributed by atoms with van der Waals surface area (Å²) < 4.78 is 6.91. The van der Waals surface area contributed by atoms with Crippen molar-refractivity contribution < 1.29 is 19.4 Å². The Morgan fingerprint density at radius 1 is 0.941 bits per heavy atom. The minimum atomic E-state index is -0.757. The maximum atomic E-state index is 12.2. The van der Waals surface area contributed by atoms with Crippen molar-refractivity contribution >= 4 is 18.0 Å². The van der Waals surface area contributed by atoms with Crippen LogP contribution in [0.3, 0.4) is 0 Å². The molecule has 8 heteroatoms. The average molecular weight is 454 g/mol. The van der Waals surface area contributed by atoms with E-state index < -0.39 is 17.5 Å². The lowest BCUT2D eigenvalue weighted by Gasteiger charge is -2.12. The molecule has 1 heterocycles. The number of aromatic nitrogens is 3. The molecule has 1 aliphatic carbocycles. The fourth-order valence-corrected chi connectivity index (χ4v) is 3.91. The number of aliphatic carboxylic acids is 1.